The number of nitrogens with one attached hydrogen (secondary N) is 1. The molecular formula is C14H29N3O. The summed E-state index contributed by atoms with van der Waals surface area (Å²) >= 11 is 0. The van der Waals surface area contributed by atoms with Crippen LogP contribution < -0.4 is 5.32 Å². The molecule has 1 rings (SSSR count). The molecule has 1 N–H and O–H groups in total. The predicted molar refractivity (Wildman–Crippen MR) is 75.6 cm³/mol. The summed E-state index contributed by atoms with van der Waals surface area (Å²) in [5.41, 5.74) is -0.298. The zero-order valence-corrected chi connectivity index (χ0v) is 12.8. The van der Waals surface area contributed by atoms with E-state index in [0.717, 1.165) is 32.6 Å². The highest BCUT2D eigenvalue weighted by Gasteiger charge is 2.38. The molecule has 1 aliphatic rings. The molecule has 18 heavy (non-hydrogen) atoms. The molecule has 0 spiro atoms. The number of carbonyl (C=O) groups excluding carboxylic acids is 1. The Bertz CT molecular complexity index is 297. The second kappa shape index (κ2) is 5.57. The van der Waals surface area contributed by atoms with Crippen LogP contribution in [0.25, 0.3) is 0 Å². The minimum atomic E-state index is -0.439. The minimum Gasteiger partial charge on any atom is -0.340 e. The molecule has 106 valence electrons. The normalized spacial score (nSPS) is 23.3. The summed E-state index contributed by atoms with van der Waals surface area (Å²) in [5, 5.41) is 3.39. The van der Waals surface area contributed by atoms with Gasteiger partial charge in [-0.15, -0.1) is 0 Å². The van der Waals surface area contributed by atoms with Crippen molar-refractivity contribution in [3.05, 3.63) is 0 Å². The maximum absolute atomic E-state index is 12.5. The van der Waals surface area contributed by atoms with Gasteiger partial charge in [0.05, 0.1) is 5.54 Å². The van der Waals surface area contributed by atoms with Gasteiger partial charge in [0.2, 0.25) is 5.91 Å². The van der Waals surface area contributed by atoms with Crippen molar-refractivity contribution in [3.63, 3.8) is 0 Å². The molecule has 0 atom stereocenters. The van der Waals surface area contributed by atoms with Crippen LogP contribution in [0.15, 0.2) is 0 Å². The van der Waals surface area contributed by atoms with Crippen molar-refractivity contribution in [2.75, 3.05) is 40.3 Å². The minimum absolute atomic E-state index is 0.140. The Morgan fingerprint density at radius 2 is 1.89 bits per heavy atom. The standard InChI is InChI=1S/C14H29N3O/c1-13(2)10-15-14(3,4)12(18)17(11-13)9-7-8-16(5)6/h15H,7-11H2,1-6H3. The van der Waals surface area contributed by atoms with E-state index in [4.69, 9.17) is 0 Å². The van der Waals surface area contributed by atoms with Crippen LogP contribution in [-0.2, 0) is 4.79 Å². The molecule has 1 heterocycles. The lowest BCUT2D eigenvalue weighted by Crippen LogP contribution is -2.51. The van der Waals surface area contributed by atoms with Crippen LogP contribution in [0.2, 0.25) is 0 Å². The molecule has 0 unspecified atom stereocenters. The van der Waals surface area contributed by atoms with Crippen LogP contribution in [0.1, 0.15) is 34.1 Å². The van der Waals surface area contributed by atoms with Crippen LogP contribution in [0.5, 0.6) is 0 Å². The van der Waals surface area contributed by atoms with Gasteiger partial charge in [0, 0.05) is 19.6 Å². The topological polar surface area (TPSA) is 35.6 Å². The second-order valence-corrected chi connectivity index (χ2v) is 7.03. The first-order valence-corrected chi connectivity index (χ1v) is 6.83. The Hall–Kier alpha value is -0.610. The van der Waals surface area contributed by atoms with Crippen molar-refractivity contribution in [2.45, 2.75) is 39.7 Å². The summed E-state index contributed by atoms with van der Waals surface area (Å²) in [7, 11) is 4.14. The summed E-state index contributed by atoms with van der Waals surface area (Å²) in [4.78, 5) is 16.7. The van der Waals surface area contributed by atoms with Gasteiger partial charge >= 0.3 is 0 Å². The summed E-state index contributed by atoms with van der Waals surface area (Å²) in [5.74, 6) is 0.229. The van der Waals surface area contributed by atoms with Crippen molar-refractivity contribution in [3.8, 4) is 0 Å². The van der Waals surface area contributed by atoms with Gasteiger partial charge < -0.3 is 15.1 Å². The van der Waals surface area contributed by atoms with Crippen LogP contribution in [0.3, 0.4) is 0 Å². The Kier molecular flexibility index (Phi) is 4.78. The van der Waals surface area contributed by atoms with E-state index in [1.165, 1.54) is 0 Å². The molecule has 4 heteroatoms. The van der Waals surface area contributed by atoms with Gasteiger partial charge in [-0.25, -0.2) is 0 Å². The van der Waals surface area contributed by atoms with E-state index in [0.29, 0.717) is 0 Å². The number of hydrogen-bond donors (Lipinski definition) is 1. The first-order valence-electron chi connectivity index (χ1n) is 6.83. The molecule has 1 aliphatic heterocycles. The first kappa shape index (κ1) is 15.4. The molecule has 4 nitrogen and oxygen atoms in total. The van der Waals surface area contributed by atoms with Crippen molar-refractivity contribution in [1.82, 2.24) is 15.1 Å². The van der Waals surface area contributed by atoms with Gasteiger partial charge in [-0.3, -0.25) is 4.79 Å². The quantitative estimate of drug-likeness (QED) is 0.819. The largest absolute Gasteiger partial charge is 0.340 e. The van der Waals surface area contributed by atoms with E-state index in [2.05, 4.69) is 38.2 Å². The van der Waals surface area contributed by atoms with E-state index in [-0.39, 0.29) is 11.3 Å². The number of carbonyl (C=O) groups is 1. The van der Waals surface area contributed by atoms with E-state index in [9.17, 15) is 4.79 Å². The molecule has 0 aliphatic carbocycles. The maximum Gasteiger partial charge on any atom is 0.242 e. The van der Waals surface area contributed by atoms with Gasteiger partial charge in [-0.1, -0.05) is 13.8 Å². The number of nitrogens with zero attached hydrogens (tertiary/aromatic N) is 2. The average Bonchev–Trinajstić information content (AvgIpc) is 2.30. The van der Waals surface area contributed by atoms with Gasteiger partial charge in [0.25, 0.3) is 0 Å². The van der Waals surface area contributed by atoms with E-state index >= 15 is 0 Å². The lowest BCUT2D eigenvalue weighted by molar-refractivity contribution is -0.136. The van der Waals surface area contributed by atoms with E-state index < -0.39 is 5.54 Å². The van der Waals surface area contributed by atoms with Crippen LogP contribution in [-0.4, -0.2) is 61.5 Å². The SMILES string of the molecule is CN(C)CCCN1CC(C)(C)CNC(C)(C)C1=O. The summed E-state index contributed by atoms with van der Waals surface area (Å²) in [6.45, 7) is 12.0. The third kappa shape index (κ3) is 4.25. The van der Waals surface area contributed by atoms with Crippen molar-refractivity contribution >= 4 is 5.91 Å². The smallest absolute Gasteiger partial charge is 0.242 e. The fraction of sp³-hybridized carbons (Fsp3) is 0.929. The van der Waals surface area contributed by atoms with Crippen molar-refractivity contribution in [2.24, 2.45) is 5.41 Å². The zero-order chi connectivity index (χ0) is 14.0. The number of rotatable bonds is 4. The highest BCUT2D eigenvalue weighted by atomic mass is 16.2. The van der Waals surface area contributed by atoms with Crippen LogP contribution in [0, 0.1) is 5.41 Å². The molecule has 0 aromatic rings. The lowest BCUT2D eigenvalue weighted by atomic mass is 9.93. The monoisotopic (exact) mass is 255 g/mol. The highest BCUT2D eigenvalue weighted by Crippen LogP contribution is 2.23. The summed E-state index contributed by atoms with van der Waals surface area (Å²) in [6, 6.07) is 0. The molecule has 1 fully saturated rings. The summed E-state index contributed by atoms with van der Waals surface area (Å²) < 4.78 is 0. The summed E-state index contributed by atoms with van der Waals surface area (Å²) in [6.07, 6.45) is 1.03. The molecule has 1 saturated heterocycles. The van der Waals surface area contributed by atoms with Crippen molar-refractivity contribution in [1.29, 1.82) is 0 Å². The molecule has 0 radical (unpaired) electrons. The van der Waals surface area contributed by atoms with E-state index in [1.807, 2.05) is 18.7 Å². The number of hydrogen-bond acceptors (Lipinski definition) is 3. The second-order valence-electron chi connectivity index (χ2n) is 7.03. The zero-order valence-electron chi connectivity index (χ0n) is 12.8. The van der Waals surface area contributed by atoms with Crippen LogP contribution >= 0.6 is 0 Å². The van der Waals surface area contributed by atoms with Gasteiger partial charge in [0.1, 0.15) is 0 Å². The van der Waals surface area contributed by atoms with Gasteiger partial charge in [-0.05, 0) is 46.3 Å². The van der Waals surface area contributed by atoms with Crippen LogP contribution in [0.4, 0.5) is 0 Å². The van der Waals surface area contributed by atoms with Gasteiger partial charge in [-0.2, -0.15) is 0 Å². The molecular weight excluding hydrogens is 226 g/mol. The lowest BCUT2D eigenvalue weighted by Gasteiger charge is -2.31. The Labute approximate surface area is 112 Å². The molecule has 1 amide bonds. The Morgan fingerprint density at radius 3 is 2.44 bits per heavy atom. The Morgan fingerprint density at radius 1 is 1.28 bits per heavy atom. The third-order valence-corrected chi connectivity index (χ3v) is 3.48. The molecule has 0 aromatic carbocycles. The molecule has 0 saturated carbocycles. The Balaban J connectivity index is 2.69. The predicted octanol–water partition coefficient (Wildman–Crippen LogP) is 1.17. The number of amides is 1. The van der Waals surface area contributed by atoms with E-state index in [1.54, 1.807) is 0 Å². The first-order chi connectivity index (χ1) is 8.14. The van der Waals surface area contributed by atoms with Crippen molar-refractivity contribution < 1.29 is 4.79 Å². The third-order valence-electron chi connectivity index (χ3n) is 3.48. The van der Waals surface area contributed by atoms with Gasteiger partial charge in [0.15, 0.2) is 0 Å². The highest BCUT2D eigenvalue weighted by molar-refractivity contribution is 5.85. The molecule has 0 bridgehead atoms. The average molecular weight is 255 g/mol. The fourth-order valence-electron chi connectivity index (χ4n) is 2.33. The maximum atomic E-state index is 12.5. The fourth-order valence-corrected chi connectivity index (χ4v) is 2.33. The molecule has 0 aromatic heterocycles.